The number of methoxy groups -OCH3 is 3. The van der Waals surface area contributed by atoms with Crippen molar-refractivity contribution in [3.8, 4) is 28.1 Å². The van der Waals surface area contributed by atoms with Crippen molar-refractivity contribution in [3.63, 3.8) is 0 Å². The molecule has 0 bridgehead atoms. The fourth-order valence-corrected chi connectivity index (χ4v) is 9.78. The molecule has 4 aromatic carbocycles. The highest BCUT2D eigenvalue weighted by Gasteiger charge is 2.42. The second kappa shape index (κ2) is 17.9. The Morgan fingerprint density at radius 3 is 2.34 bits per heavy atom. The van der Waals surface area contributed by atoms with E-state index in [1.165, 1.54) is 14.2 Å². The van der Waals surface area contributed by atoms with E-state index in [0.29, 0.717) is 49.9 Å². The van der Waals surface area contributed by atoms with E-state index in [1.807, 2.05) is 55.1 Å². The van der Waals surface area contributed by atoms with Gasteiger partial charge < -0.3 is 49.3 Å². The van der Waals surface area contributed by atoms with Gasteiger partial charge in [-0.2, -0.15) is 0 Å². The Morgan fingerprint density at radius 2 is 1.58 bits per heavy atom. The summed E-state index contributed by atoms with van der Waals surface area (Å²) in [7, 11) is 4.22. The van der Waals surface area contributed by atoms with Gasteiger partial charge in [-0.1, -0.05) is 69.3 Å². The predicted octanol–water partition coefficient (Wildman–Crippen LogP) is 7.59. The van der Waals surface area contributed by atoms with Crippen LogP contribution in [0.15, 0.2) is 79.0 Å². The van der Waals surface area contributed by atoms with Crippen LogP contribution in [0.25, 0.3) is 44.2 Å². The van der Waals surface area contributed by atoms with Crippen LogP contribution in [0.2, 0.25) is 0 Å². The molecule has 4 amide bonds. The average Bonchev–Trinajstić information content (AvgIpc) is 4.15. The molecule has 1 unspecified atom stereocenters. The van der Waals surface area contributed by atoms with Crippen molar-refractivity contribution in [2.24, 2.45) is 17.8 Å². The summed E-state index contributed by atoms with van der Waals surface area (Å²) in [4.78, 5) is 73.4. The molecule has 2 saturated heterocycles. The Bertz CT molecular complexity index is 2770. The number of benzene rings is 4. The zero-order valence-electron chi connectivity index (χ0n) is 37.3. The van der Waals surface area contributed by atoms with Crippen molar-refractivity contribution in [1.29, 1.82) is 0 Å². The molecule has 16 heteroatoms. The van der Waals surface area contributed by atoms with E-state index < -0.39 is 24.3 Å². The lowest BCUT2D eigenvalue weighted by Gasteiger charge is -2.30. The molecule has 0 saturated carbocycles. The number of nitrogens with zero attached hydrogens (tertiary/aromatic N) is 4. The highest BCUT2D eigenvalue weighted by atomic mass is 16.5. The molecule has 6 aromatic rings. The highest BCUT2D eigenvalue weighted by molar-refractivity contribution is 6.07. The first-order valence-electron chi connectivity index (χ1n) is 22.1. The van der Waals surface area contributed by atoms with Crippen LogP contribution in [0.1, 0.15) is 74.5 Å². The molecule has 3 aliphatic rings. The molecule has 3 aliphatic heterocycles. The zero-order chi connectivity index (χ0) is 45.5. The Hall–Kier alpha value is -6.94. The van der Waals surface area contributed by atoms with E-state index in [1.54, 1.807) is 18.2 Å². The van der Waals surface area contributed by atoms with Crippen molar-refractivity contribution < 1.29 is 38.1 Å². The molecule has 6 atom stereocenters. The van der Waals surface area contributed by atoms with E-state index >= 15 is 0 Å². The van der Waals surface area contributed by atoms with Gasteiger partial charge in [0.25, 0.3) is 5.91 Å². The predicted molar refractivity (Wildman–Crippen MR) is 243 cm³/mol. The number of aromatic amines is 2. The summed E-state index contributed by atoms with van der Waals surface area (Å²) in [5.41, 5.74) is 7.10. The van der Waals surface area contributed by atoms with Crippen LogP contribution in [-0.4, -0.2) is 101 Å². The maximum atomic E-state index is 14.3. The van der Waals surface area contributed by atoms with Gasteiger partial charge in [0.1, 0.15) is 36.1 Å². The number of imidazole rings is 2. The number of amides is 4. The molecule has 338 valence electrons. The molecular weight excluding hydrogens is 829 g/mol. The SMILES string of the molecule is COC[C@H]1C[C@@H](c2ncc(-c3ccc4c(c3)COc3cc5c(ccc6nc([C@@H]7C[C@H](C)CN7C(=O)C(NC(=O)OC)C(C)C)[nH]c65)cc3-4)[nH]2)N(C(=O)[C@H](NC(=O)OC)c2ccccc2)C1. The molecule has 9 rings (SSSR count). The molecule has 65 heavy (non-hydrogen) atoms. The summed E-state index contributed by atoms with van der Waals surface area (Å²) in [6.45, 7) is 7.76. The Labute approximate surface area is 376 Å². The van der Waals surface area contributed by atoms with E-state index in [4.69, 9.17) is 28.9 Å². The number of ether oxygens (including phenoxy) is 4. The standard InChI is InChI=1S/C49H54N8O8/c1-26(2)41(54-48(60)63-5)46(58)56-22-27(3)16-38(56)45-51-36-15-13-30-19-35-33-14-12-31(18-32(33)25-65-40(35)20-34(30)43(36)53-45)37-21-50-44(52-37)39-17-28(24-62-4)23-57(39)47(59)42(55-49(61)64-6)29-10-8-7-9-11-29/h7-15,18-21,26-28,38-39,41-42H,16-17,22-25H2,1-6H3,(H,50,52)(H,51,53)(H,54,60)(H,55,61)/t27-,28-,38-,39-,41?,42+/m0/s1. The van der Waals surface area contributed by atoms with E-state index in [9.17, 15) is 19.2 Å². The number of hydrogen-bond donors (Lipinski definition) is 4. The molecule has 2 aromatic heterocycles. The lowest BCUT2D eigenvalue weighted by molar-refractivity contribution is -0.136. The third-order valence-electron chi connectivity index (χ3n) is 13.0. The lowest BCUT2D eigenvalue weighted by atomic mass is 9.92. The van der Waals surface area contributed by atoms with Gasteiger partial charge in [0.15, 0.2) is 0 Å². The molecule has 0 radical (unpaired) electrons. The monoisotopic (exact) mass is 882 g/mol. The van der Waals surface area contributed by atoms with Gasteiger partial charge in [0.2, 0.25) is 5.91 Å². The number of carbonyl (C=O) groups excluding carboxylic acids is 4. The van der Waals surface area contributed by atoms with Crippen molar-refractivity contribution in [2.75, 3.05) is 41.0 Å². The smallest absolute Gasteiger partial charge is 0.407 e. The zero-order valence-corrected chi connectivity index (χ0v) is 37.3. The minimum Gasteiger partial charge on any atom is -0.488 e. The first-order chi connectivity index (χ1) is 31.4. The van der Waals surface area contributed by atoms with Gasteiger partial charge in [-0.05, 0) is 76.6 Å². The van der Waals surface area contributed by atoms with Crippen LogP contribution in [0.4, 0.5) is 9.59 Å². The minimum absolute atomic E-state index is 0.0681. The number of likely N-dealkylation sites (tertiary alicyclic amines) is 2. The maximum absolute atomic E-state index is 14.3. The van der Waals surface area contributed by atoms with Crippen molar-refractivity contribution in [3.05, 3.63) is 102 Å². The molecule has 0 aliphatic carbocycles. The van der Waals surface area contributed by atoms with Crippen LogP contribution >= 0.6 is 0 Å². The fraction of sp³-hybridized carbons (Fsp3) is 0.388. The van der Waals surface area contributed by atoms with Crippen LogP contribution in [-0.2, 0) is 30.4 Å². The molecular formula is C49H54N8O8. The average molecular weight is 883 g/mol. The van der Waals surface area contributed by atoms with Gasteiger partial charge in [-0.3, -0.25) is 9.59 Å². The molecule has 16 nitrogen and oxygen atoms in total. The van der Waals surface area contributed by atoms with Crippen molar-refractivity contribution in [2.45, 2.75) is 64.4 Å². The number of hydrogen-bond acceptors (Lipinski definition) is 10. The maximum Gasteiger partial charge on any atom is 0.407 e. The van der Waals surface area contributed by atoms with Gasteiger partial charge in [0, 0.05) is 37.1 Å². The van der Waals surface area contributed by atoms with Crippen LogP contribution in [0.5, 0.6) is 5.75 Å². The normalized spacial score (nSPS) is 20.0. The number of fused-ring (bicyclic) bond motifs is 6. The molecule has 2 fully saturated rings. The van der Waals surface area contributed by atoms with Gasteiger partial charge in [0.05, 0.1) is 55.8 Å². The Morgan fingerprint density at radius 1 is 0.831 bits per heavy atom. The van der Waals surface area contributed by atoms with Crippen LogP contribution in [0.3, 0.4) is 0 Å². The third-order valence-corrected chi connectivity index (χ3v) is 13.0. The highest BCUT2D eigenvalue weighted by Crippen LogP contribution is 2.44. The largest absolute Gasteiger partial charge is 0.488 e. The third kappa shape index (κ3) is 8.34. The van der Waals surface area contributed by atoms with Gasteiger partial charge >= 0.3 is 12.2 Å². The summed E-state index contributed by atoms with van der Waals surface area (Å²) >= 11 is 0. The first kappa shape index (κ1) is 43.3. The van der Waals surface area contributed by atoms with Gasteiger partial charge in [-0.25, -0.2) is 19.6 Å². The number of rotatable bonds is 11. The van der Waals surface area contributed by atoms with Crippen molar-refractivity contribution in [1.82, 2.24) is 40.4 Å². The van der Waals surface area contributed by atoms with Crippen molar-refractivity contribution >= 4 is 45.8 Å². The molecule has 4 N–H and O–H groups in total. The van der Waals surface area contributed by atoms with E-state index in [0.717, 1.165) is 61.9 Å². The summed E-state index contributed by atoms with van der Waals surface area (Å²) in [5.74, 6) is 1.87. The van der Waals surface area contributed by atoms with E-state index in [2.05, 4.69) is 63.9 Å². The van der Waals surface area contributed by atoms with Crippen LogP contribution < -0.4 is 15.4 Å². The second-order valence-corrected chi connectivity index (χ2v) is 17.7. The summed E-state index contributed by atoms with van der Waals surface area (Å²) in [5, 5.41) is 7.45. The van der Waals surface area contributed by atoms with E-state index in [-0.39, 0.29) is 41.7 Å². The molecule has 0 spiro atoms. The number of alkyl carbamates (subject to hydrolysis) is 2. The summed E-state index contributed by atoms with van der Waals surface area (Å²) < 4.78 is 21.7. The summed E-state index contributed by atoms with van der Waals surface area (Å²) in [6, 6.07) is 21.4. The molecule has 5 heterocycles. The number of aromatic nitrogens is 4. The van der Waals surface area contributed by atoms with Crippen LogP contribution in [0, 0.1) is 17.8 Å². The fourth-order valence-electron chi connectivity index (χ4n) is 9.78. The number of H-pyrrole nitrogens is 2. The Kier molecular flexibility index (Phi) is 11.9. The summed E-state index contributed by atoms with van der Waals surface area (Å²) in [6.07, 6.45) is 1.83. The number of nitrogens with one attached hydrogen (secondary N) is 4. The topological polar surface area (TPSA) is 193 Å². The Balaban J connectivity index is 0.974. The lowest BCUT2D eigenvalue weighted by Crippen LogP contribution is -2.51. The quantitative estimate of drug-likeness (QED) is 0.101. The number of carbonyl (C=O) groups is 4. The first-order valence-corrected chi connectivity index (χ1v) is 22.1. The second-order valence-electron chi connectivity index (χ2n) is 17.7. The minimum atomic E-state index is -0.948. The van der Waals surface area contributed by atoms with Gasteiger partial charge in [-0.15, -0.1) is 0 Å².